The largest absolute Gasteiger partial charge is 0.497 e. The first-order chi connectivity index (χ1) is 16.1. The minimum absolute atomic E-state index is 0.273. The van der Waals surface area contributed by atoms with Gasteiger partial charge < -0.3 is 9.64 Å². The predicted molar refractivity (Wildman–Crippen MR) is 127 cm³/mol. The maximum atomic E-state index is 13.7. The van der Waals surface area contributed by atoms with Crippen LogP contribution in [-0.4, -0.2) is 53.2 Å². The molecule has 0 radical (unpaired) electrons. The van der Waals surface area contributed by atoms with Crippen molar-refractivity contribution in [3.63, 3.8) is 0 Å². The molecule has 0 unspecified atom stereocenters. The van der Waals surface area contributed by atoms with Crippen LogP contribution in [0.1, 0.15) is 40.8 Å². The topological polar surface area (TPSA) is 61.5 Å². The smallest absolute Gasteiger partial charge is 0.233 e. The lowest BCUT2D eigenvalue weighted by molar-refractivity contribution is -0.133. The molecule has 1 fully saturated rings. The van der Waals surface area contributed by atoms with E-state index in [1.807, 2.05) is 12.1 Å². The molecule has 170 valence electrons. The van der Waals surface area contributed by atoms with Gasteiger partial charge in [0.15, 0.2) is 0 Å². The van der Waals surface area contributed by atoms with Gasteiger partial charge in [-0.25, -0.2) is 0 Å². The Labute approximate surface area is 194 Å². The van der Waals surface area contributed by atoms with E-state index in [2.05, 4.69) is 52.3 Å². The zero-order valence-corrected chi connectivity index (χ0v) is 19.4. The van der Waals surface area contributed by atoms with Gasteiger partial charge in [0.25, 0.3) is 0 Å². The van der Waals surface area contributed by atoms with E-state index < -0.39 is 0 Å². The molecular weight excluding hydrogens is 412 g/mol. The first kappa shape index (κ1) is 20.5. The summed E-state index contributed by atoms with van der Waals surface area (Å²) >= 11 is 0. The van der Waals surface area contributed by atoms with Crippen LogP contribution in [0.4, 0.5) is 0 Å². The average Bonchev–Trinajstić information content (AvgIpc) is 3.48. The second-order valence-corrected chi connectivity index (χ2v) is 9.75. The molecule has 33 heavy (non-hydrogen) atoms. The number of aromatic amines is 1. The molecule has 1 aliphatic carbocycles. The van der Waals surface area contributed by atoms with Crippen molar-refractivity contribution >= 4 is 5.91 Å². The number of nitrogens with zero attached hydrogens (tertiary/aromatic N) is 3. The van der Waals surface area contributed by atoms with E-state index in [9.17, 15) is 4.79 Å². The van der Waals surface area contributed by atoms with Crippen LogP contribution < -0.4 is 4.74 Å². The zero-order chi connectivity index (χ0) is 22.6. The van der Waals surface area contributed by atoms with Crippen LogP contribution in [-0.2, 0) is 36.1 Å². The molecule has 2 aromatic carbocycles. The lowest BCUT2D eigenvalue weighted by Crippen LogP contribution is -2.40. The van der Waals surface area contributed by atoms with Crippen molar-refractivity contribution in [2.75, 3.05) is 27.2 Å². The Bertz CT molecular complexity index is 1210. The van der Waals surface area contributed by atoms with E-state index in [0.717, 1.165) is 68.9 Å². The highest BCUT2D eigenvalue weighted by molar-refractivity contribution is 5.91. The number of carbonyl (C=O) groups is 1. The van der Waals surface area contributed by atoms with Crippen molar-refractivity contribution in [3.8, 4) is 17.0 Å². The van der Waals surface area contributed by atoms with Gasteiger partial charge in [0.1, 0.15) is 5.75 Å². The van der Waals surface area contributed by atoms with Crippen molar-refractivity contribution in [1.29, 1.82) is 0 Å². The van der Waals surface area contributed by atoms with E-state index >= 15 is 0 Å². The van der Waals surface area contributed by atoms with Crippen LogP contribution in [0.5, 0.6) is 5.75 Å². The Morgan fingerprint density at radius 1 is 1.03 bits per heavy atom. The number of carbonyl (C=O) groups excluding carboxylic acids is 1. The number of fused-ring (bicyclic) bond motifs is 2. The quantitative estimate of drug-likeness (QED) is 0.670. The van der Waals surface area contributed by atoms with Gasteiger partial charge >= 0.3 is 0 Å². The fourth-order valence-corrected chi connectivity index (χ4v) is 5.68. The van der Waals surface area contributed by atoms with Gasteiger partial charge in [-0.3, -0.25) is 14.8 Å². The number of hydrogen-bond acceptors (Lipinski definition) is 4. The number of methoxy groups -OCH3 is 1. The number of benzene rings is 2. The summed E-state index contributed by atoms with van der Waals surface area (Å²) in [5, 5.41) is 8.06. The van der Waals surface area contributed by atoms with E-state index in [0.29, 0.717) is 0 Å². The Morgan fingerprint density at radius 3 is 2.58 bits per heavy atom. The van der Waals surface area contributed by atoms with E-state index in [-0.39, 0.29) is 11.3 Å². The van der Waals surface area contributed by atoms with Crippen LogP contribution in [0, 0.1) is 0 Å². The molecule has 3 heterocycles. The molecule has 3 aromatic rings. The molecule has 1 amide bonds. The number of amides is 1. The lowest BCUT2D eigenvalue weighted by atomic mass is 9.94. The van der Waals surface area contributed by atoms with Crippen LogP contribution in [0.25, 0.3) is 11.3 Å². The summed E-state index contributed by atoms with van der Waals surface area (Å²) in [5.41, 5.74) is 8.32. The Hall–Kier alpha value is -3.12. The molecule has 1 saturated carbocycles. The van der Waals surface area contributed by atoms with Gasteiger partial charge in [0.05, 0.1) is 18.2 Å². The summed E-state index contributed by atoms with van der Waals surface area (Å²) in [6, 6.07) is 14.6. The zero-order valence-electron chi connectivity index (χ0n) is 19.4. The fraction of sp³-hybridized carbons (Fsp3) is 0.407. The molecule has 6 nitrogen and oxygen atoms in total. The third kappa shape index (κ3) is 3.35. The third-order valence-corrected chi connectivity index (χ3v) is 7.70. The number of aromatic nitrogens is 2. The summed E-state index contributed by atoms with van der Waals surface area (Å²) in [5.74, 6) is 1.10. The SMILES string of the molecule is COc1ccc(C2(C(=O)N3CCc4[nH]nc(-c5cccc6c5CN(C)C6)c4CC3)CC2)cc1. The Morgan fingerprint density at radius 2 is 1.82 bits per heavy atom. The maximum Gasteiger partial charge on any atom is 0.233 e. The molecular formula is C27H30N4O2. The van der Waals surface area contributed by atoms with E-state index in [4.69, 9.17) is 9.84 Å². The van der Waals surface area contributed by atoms with Gasteiger partial charge in [-0.1, -0.05) is 30.3 Å². The molecule has 0 saturated heterocycles. The van der Waals surface area contributed by atoms with Gasteiger partial charge in [0, 0.05) is 49.4 Å². The minimum Gasteiger partial charge on any atom is -0.497 e. The molecule has 2 aliphatic heterocycles. The highest BCUT2D eigenvalue weighted by Crippen LogP contribution is 2.50. The number of H-pyrrole nitrogens is 1. The average molecular weight is 443 g/mol. The summed E-state index contributed by atoms with van der Waals surface area (Å²) in [4.78, 5) is 18.1. The van der Waals surface area contributed by atoms with Gasteiger partial charge in [-0.15, -0.1) is 0 Å². The highest BCUT2D eigenvalue weighted by Gasteiger charge is 2.53. The predicted octanol–water partition coefficient (Wildman–Crippen LogP) is 3.69. The van der Waals surface area contributed by atoms with Crippen LogP contribution in [0.15, 0.2) is 42.5 Å². The summed E-state index contributed by atoms with van der Waals surface area (Å²) < 4.78 is 5.30. The molecule has 0 spiro atoms. The van der Waals surface area contributed by atoms with Crippen molar-refractivity contribution in [2.45, 2.75) is 44.2 Å². The summed E-state index contributed by atoms with van der Waals surface area (Å²) in [6.45, 7) is 3.43. The van der Waals surface area contributed by atoms with Crippen LogP contribution in [0.2, 0.25) is 0 Å². The fourth-order valence-electron chi connectivity index (χ4n) is 5.68. The van der Waals surface area contributed by atoms with Crippen molar-refractivity contribution < 1.29 is 9.53 Å². The van der Waals surface area contributed by atoms with E-state index in [1.165, 1.54) is 27.9 Å². The lowest BCUT2D eigenvalue weighted by Gasteiger charge is -2.26. The number of ether oxygens (including phenoxy) is 1. The Balaban J connectivity index is 1.24. The second-order valence-electron chi connectivity index (χ2n) is 9.75. The van der Waals surface area contributed by atoms with E-state index in [1.54, 1.807) is 7.11 Å². The van der Waals surface area contributed by atoms with Crippen LogP contribution >= 0.6 is 0 Å². The molecule has 6 rings (SSSR count). The highest BCUT2D eigenvalue weighted by atomic mass is 16.5. The van der Waals surface area contributed by atoms with Gasteiger partial charge in [0.2, 0.25) is 5.91 Å². The molecule has 0 bridgehead atoms. The van der Waals surface area contributed by atoms with Crippen LogP contribution in [0.3, 0.4) is 0 Å². The molecule has 0 atom stereocenters. The van der Waals surface area contributed by atoms with Gasteiger partial charge in [-0.2, -0.15) is 5.10 Å². The third-order valence-electron chi connectivity index (χ3n) is 7.70. The summed E-state index contributed by atoms with van der Waals surface area (Å²) in [6.07, 6.45) is 3.51. The number of hydrogen-bond donors (Lipinski definition) is 1. The van der Waals surface area contributed by atoms with Crippen molar-refractivity contribution in [2.24, 2.45) is 0 Å². The summed E-state index contributed by atoms with van der Waals surface area (Å²) in [7, 11) is 3.83. The normalized spacial score (nSPS) is 19.0. The Kier molecular flexibility index (Phi) is 4.80. The monoisotopic (exact) mass is 442 g/mol. The van der Waals surface area contributed by atoms with Crippen molar-refractivity contribution in [3.05, 3.63) is 70.4 Å². The van der Waals surface area contributed by atoms with Gasteiger partial charge in [-0.05, 0) is 55.1 Å². The second kappa shape index (κ2) is 7.73. The number of nitrogens with one attached hydrogen (secondary N) is 1. The first-order valence-electron chi connectivity index (χ1n) is 11.9. The molecule has 1 N–H and O–H groups in total. The molecule has 6 heteroatoms. The number of rotatable bonds is 4. The van der Waals surface area contributed by atoms with Crippen molar-refractivity contribution in [1.82, 2.24) is 20.0 Å². The standard InChI is InChI=1S/C27H30N4O2/c1-30-16-18-4-3-5-21(23(18)17-30)25-22-10-14-31(15-11-24(22)28-29-25)26(32)27(12-13-27)19-6-8-20(33-2)9-7-19/h3-9H,10-17H2,1-2H3,(H,28,29). The minimum atomic E-state index is -0.351. The molecule has 1 aromatic heterocycles. The first-order valence-corrected chi connectivity index (χ1v) is 11.9. The molecule has 3 aliphatic rings. The maximum absolute atomic E-state index is 13.7.